The topological polar surface area (TPSA) is 41.6 Å². The number of Topliss-reactive ketones (excluding diaryl/α,β-unsaturated/α-hetero) is 1. The van der Waals surface area contributed by atoms with Gasteiger partial charge in [-0.2, -0.15) is 0 Å². The van der Waals surface area contributed by atoms with E-state index in [2.05, 4.69) is 65.7 Å². The Kier molecular flexibility index (Phi) is 7.94. The zero-order chi connectivity index (χ0) is 24.0. The minimum Gasteiger partial charge on any atom is -0.371 e. The summed E-state index contributed by atoms with van der Waals surface area (Å²) in [7, 11) is 4.02. The number of ketones is 1. The van der Waals surface area contributed by atoms with E-state index in [0.717, 1.165) is 38.1 Å². The average Bonchev–Trinajstić information content (AvgIpc) is 2.88. The first-order chi connectivity index (χ1) is 16.5. The van der Waals surface area contributed by atoms with Crippen LogP contribution < -0.4 is 5.32 Å². The lowest BCUT2D eigenvalue weighted by atomic mass is 9.80. The molecular weight excluding hydrogens is 420 g/mol. The molecule has 34 heavy (non-hydrogen) atoms. The Balaban J connectivity index is 1.54. The third kappa shape index (κ3) is 5.30. The Morgan fingerprint density at radius 2 is 1.68 bits per heavy atom. The van der Waals surface area contributed by atoms with Crippen molar-refractivity contribution in [1.82, 2.24) is 10.2 Å². The maximum atomic E-state index is 13.8. The zero-order valence-corrected chi connectivity index (χ0v) is 20.6. The molecule has 3 aromatic carbocycles. The van der Waals surface area contributed by atoms with E-state index in [1.807, 2.05) is 44.4 Å². The second kappa shape index (κ2) is 11.1. The molecule has 0 aromatic heterocycles. The highest BCUT2D eigenvalue weighted by molar-refractivity contribution is 6.03. The first kappa shape index (κ1) is 24.3. The Bertz CT molecular complexity index is 1070. The molecule has 0 bridgehead atoms. The largest absolute Gasteiger partial charge is 0.371 e. The Labute approximate surface area is 204 Å². The molecule has 1 saturated heterocycles. The van der Waals surface area contributed by atoms with Crippen molar-refractivity contribution in [2.24, 2.45) is 0 Å². The van der Waals surface area contributed by atoms with Crippen LogP contribution in [0.4, 0.5) is 0 Å². The molecule has 1 aliphatic rings. The van der Waals surface area contributed by atoms with Crippen molar-refractivity contribution < 1.29 is 9.53 Å². The standard InChI is InChI=1S/C30H36N2O2/c1-4-30(32(2)3,21-24-10-6-5-7-11-24)29(33)25-16-14-23(15-17-25)20-26-12-8-9-13-27(26)28-22-31-18-19-34-28/h5-17,28,31H,4,18-22H2,1-3H3. The van der Waals surface area contributed by atoms with Gasteiger partial charge in [0.15, 0.2) is 5.78 Å². The maximum Gasteiger partial charge on any atom is 0.183 e. The van der Waals surface area contributed by atoms with E-state index in [1.54, 1.807) is 0 Å². The van der Waals surface area contributed by atoms with E-state index in [9.17, 15) is 4.79 Å². The number of carbonyl (C=O) groups is 1. The maximum absolute atomic E-state index is 13.8. The molecule has 178 valence electrons. The van der Waals surface area contributed by atoms with Crippen LogP contribution in [0.1, 0.15) is 52.1 Å². The molecule has 1 heterocycles. The van der Waals surface area contributed by atoms with Crippen molar-refractivity contribution >= 4 is 5.78 Å². The third-order valence-corrected chi connectivity index (χ3v) is 7.14. The van der Waals surface area contributed by atoms with Crippen LogP contribution in [0, 0.1) is 0 Å². The van der Waals surface area contributed by atoms with Gasteiger partial charge in [-0.3, -0.25) is 9.69 Å². The lowest BCUT2D eigenvalue weighted by Gasteiger charge is -2.38. The van der Waals surface area contributed by atoms with E-state index >= 15 is 0 Å². The summed E-state index contributed by atoms with van der Waals surface area (Å²) < 4.78 is 6.00. The Morgan fingerprint density at radius 1 is 0.971 bits per heavy atom. The number of benzene rings is 3. The first-order valence-corrected chi connectivity index (χ1v) is 12.3. The van der Waals surface area contributed by atoms with Crippen molar-refractivity contribution in [1.29, 1.82) is 0 Å². The molecule has 1 aliphatic heterocycles. The van der Waals surface area contributed by atoms with Gasteiger partial charge in [0.2, 0.25) is 0 Å². The van der Waals surface area contributed by atoms with Crippen LogP contribution in [-0.2, 0) is 17.6 Å². The predicted octanol–water partition coefficient (Wildman–Crippen LogP) is 5.07. The fraction of sp³-hybridized carbons (Fsp3) is 0.367. The van der Waals surface area contributed by atoms with E-state index in [4.69, 9.17) is 4.74 Å². The van der Waals surface area contributed by atoms with E-state index in [0.29, 0.717) is 6.42 Å². The highest BCUT2D eigenvalue weighted by Gasteiger charge is 2.39. The summed E-state index contributed by atoms with van der Waals surface area (Å²) in [6.45, 7) is 4.60. The number of rotatable bonds is 9. The van der Waals surface area contributed by atoms with Gasteiger partial charge in [0, 0.05) is 18.7 Å². The smallest absolute Gasteiger partial charge is 0.183 e. The summed E-state index contributed by atoms with van der Waals surface area (Å²) in [6.07, 6.45) is 2.36. The molecular formula is C30H36N2O2. The normalized spacial score (nSPS) is 17.9. The second-order valence-electron chi connectivity index (χ2n) is 9.41. The van der Waals surface area contributed by atoms with Gasteiger partial charge in [-0.1, -0.05) is 85.8 Å². The number of carbonyl (C=O) groups excluding carboxylic acids is 1. The number of hydrogen-bond acceptors (Lipinski definition) is 4. The quantitative estimate of drug-likeness (QED) is 0.456. The number of nitrogens with one attached hydrogen (secondary N) is 1. The number of hydrogen-bond donors (Lipinski definition) is 1. The molecule has 1 N–H and O–H groups in total. The number of likely N-dealkylation sites (N-methyl/N-ethyl adjacent to an activating group) is 1. The molecule has 2 atom stereocenters. The summed E-state index contributed by atoms with van der Waals surface area (Å²) in [5.74, 6) is 0.178. The molecule has 0 amide bonds. The van der Waals surface area contributed by atoms with Crippen molar-refractivity contribution in [3.05, 3.63) is 107 Å². The molecule has 4 rings (SSSR count). The molecule has 1 fully saturated rings. The SMILES string of the molecule is CCC(Cc1ccccc1)(C(=O)c1ccc(Cc2ccccc2C2CNCCO2)cc1)N(C)C. The number of ether oxygens (including phenoxy) is 1. The van der Waals surface area contributed by atoms with Gasteiger partial charge in [-0.25, -0.2) is 0 Å². The molecule has 2 unspecified atom stereocenters. The molecule has 3 aromatic rings. The van der Waals surface area contributed by atoms with E-state index in [1.165, 1.54) is 22.3 Å². The molecule has 0 saturated carbocycles. The fourth-order valence-corrected chi connectivity index (χ4v) is 5.01. The summed E-state index contributed by atoms with van der Waals surface area (Å²) in [5.41, 5.74) is 5.09. The number of nitrogens with zero attached hydrogens (tertiary/aromatic N) is 1. The van der Waals surface area contributed by atoms with Crippen LogP contribution in [-0.4, -0.2) is 50.0 Å². The number of morpholine rings is 1. The highest BCUT2D eigenvalue weighted by atomic mass is 16.5. The second-order valence-corrected chi connectivity index (χ2v) is 9.41. The van der Waals surface area contributed by atoms with Crippen molar-refractivity contribution in [3.8, 4) is 0 Å². The lowest BCUT2D eigenvalue weighted by Crippen LogP contribution is -2.52. The lowest BCUT2D eigenvalue weighted by molar-refractivity contribution is 0.0272. The summed E-state index contributed by atoms with van der Waals surface area (Å²) in [5, 5.41) is 3.42. The van der Waals surface area contributed by atoms with Crippen LogP contribution >= 0.6 is 0 Å². The van der Waals surface area contributed by atoms with Crippen LogP contribution in [0.3, 0.4) is 0 Å². The van der Waals surface area contributed by atoms with Crippen molar-refractivity contribution in [2.45, 2.75) is 37.8 Å². The fourth-order valence-electron chi connectivity index (χ4n) is 5.01. The van der Waals surface area contributed by atoms with Gasteiger partial charge in [0.05, 0.1) is 18.2 Å². The minimum absolute atomic E-state index is 0.0917. The summed E-state index contributed by atoms with van der Waals surface area (Å²) in [4.78, 5) is 15.9. The Morgan fingerprint density at radius 3 is 2.32 bits per heavy atom. The summed E-state index contributed by atoms with van der Waals surface area (Å²) in [6, 6.07) is 27.0. The minimum atomic E-state index is -0.569. The third-order valence-electron chi connectivity index (χ3n) is 7.14. The van der Waals surface area contributed by atoms with Crippen molar-refractivity contribution in [2.75, 3.05) is 33.8 Å². The molecule has 0 aliphatic carbocycles. The van der Waals surface area contributed by atoms with Gasteiger partial charge >= 0.3 is 0 Å². The van der Waals surface area contributed by atoms with E-state index in [-0.39, 0.29) is 11.9 Å². The van der Waals surface area contributed by atoms with Crippen LogP contribution in [0.5, 0.6) is 0 Å². The van der Waals surface area contributed by atoms with Crippen molar-refractivity contribution in [3.63, 3.8) is 0 Å². The van der Waals surface area contributed by atoms with Gasteiger partial charge in [0.1, 0.15) is 0 Å². The predicted molar refractivity (Wildman–Crippen MR) is 138 cm³/mol. The van der Waals surface area contributed by atoms with Crippen LogP contribution in [0.25, 0.3) is 0 Å². The van der Waals surface area contributed by atoms with Crippen LogP contribution in [0.2, 0.25) is 0 Å². The molecule has 4 nitrogen and oxygen atoms in total. The van der Waals surface area contributed by atoms with E-state index < -0.39 is 5.54 Å². The monoisotopic (exact) mass is 456 g/mol. The van der Waals surface area contributed by atoms with Gasteiger partial charge in [-0.15, -0.1) is 0 Å². The molecule has 4 heteroatoms. The summed E-state index contributed by atoms with van der Waals surface area (Å²) >= 11 is 0. The zero-order valence-electron chi connectivity index (χ0n) is 20.6. The van der Waals surface area contributed by atoms with Gasteiger partial charge in [0.25, 0.3) is 0 Å². The molecule has 0 spiro atoms. The highest BCUT2D eigenvalue weighted by Crippen LogP contribution is 2.29. The Hall–Kier alpha value is -2.79. The first-order valence-electron chi connectivity index (χ1n) is 12.3. The van der Waals surface area contributed by atoms with Crippen LogP contribution in [0.15, 0.2) is 78.9 Å². The van der Waals surface area contributed by atoms with Gasteiger partial charge in [-0.05, 0) is 55.6 Å². The molecule has 0 radical (unpaired) electrons. The average molecular weight is 457 g/mol. The van der Waals surface area contributed by atoms with Gasteiger partial charge < -0.3 is 10.1 Å².